The molecular formula is C9H12O2. The topological polar surface area (TPSA) is 33.4 Å². The van der Waals surface area contributed by atoms with Gasteiger partial charge in [0.1, 0.15) is 5.76 Å². The summed E-state index contributed by atoms with van der Waals surface area (Å²) in [5.74, 6) is 0.987. The van der Waals surface area contributed by atoms with Crippen molar-refractivity contribution in [3.05, 3.63) is 23.2 Å². The lowest BCUT2D eigenvalue weighted by atomic mass is 9.93. The number of aryl methyl sites for hydroxylation is 2. The monoisotopic (exact) mass is 152 g/mol. The van der Waals surface area contributed by atoms with E-state index in [0.717, 1.165) is 36.1 Å². The normalized spacial score (nSPS) is 23.3. The van der Waals surface area contributed by atoms with Crippen LogP contribution in [0.15, 0.2) is 10.7 Å². The third-order valence-electron chi connectivity index (χ3n) is 2.32. The summed E-state index contributed by atoms with van der Waals surface area (Å²) in [4.78, 5) is 0. The minimum absolute atomic E-state index is 0.280. The van der Waals surface area contributed by atoms with Crippen molar-refractivity contribution in [2.45, 2.75) is 32.3 Å². The van der Waals surface area contributed by atoms with Crippen molar-refractivity contribution in [2.24, 2.45) is 0 Å². The lowest BCUT2D eigenvalue weighted by molar-refractivity contribution is 0.152. The van der Waals surface area contributed by atoms with Gasteiger partial charge in [-0.1, -0.05) is 0 Å². The van der Waals surface area contributed by atoms with Gasteiger partial charge < -0.3 is 9.52 Å². The third-order valence-corrected chi connectivity index (χ3v) is 2.32. The van der Waals surface area contributed by atoms with E-state index in [9.17, 15) is 5.11 Å². The minimum atomic E-state index is -0.280. The molecule has 11 heavy (non-hydrogen) atoms. The molecule has 0 aromatic carbocycles. The Kier molecular flexibility index (Phi) is 1.50. The molecule has 60 valence electrons. The molecule has 1 aromatic heterocycles. The van der Waals surface area contributed by atoms with Crippen LogP contribution in [-0.4, -0.2) is 5.11 Å². The zero-order valence-electron chi connectivity index (χ0n) is 6.63. The Morgan fingerprint density at radius 1 is 1.64 bits per heavy atom. The molecule has 0 aliphatic heterocycles. The molecule has 2 nitrogen and oxygen atoms in total. The maximum atomic E-state index is 9.57. The highest BCUT2D eigenvalue weighted by molar-refractivity contribution is 5.30. The summed E-state index contributed by atoms with van der Waals surface area (Å²) in [7, 11) is 0. The molecule has 0 spiro atoms. The lowest BCUT2D eigenvalue weighted by Crippen LogP contribution is -2.07. The Hall–Kier alpha value is -0.760. The molecule has 2 heteroatoms. The predicted octanol–water partition coefficient (Wildman–Crippen LogP) is 1.96. The van der Waals surface area contributed by atoms with Gasteiger partial charge in [-0.15, -0.1) is 0 Å². The predicted molar refractivity (Wildman–Crippen MR) is 41.3 cm³/mol. The van der Waals surface area contributed by atoms with Crippen LogP contribution in [0, 0.1) is 6.92 Å². The second-order valence-corrected chi connectivity index (χ2v) is 3.16. The number of hydrogen-bond donors (Lipinski definition) is 1. The number of aliphatic hydroxyl groups excluding tert-OH is 1. The maximum Gasteiger partial charge on any atom is 0.109 e. The fraction of sp³-hybridized carbons (Fsp3) is 0.556. The Balaban J connectivity index is 2.48. The van der Waals surface area contributed by atoms with E-state index in [-0.39, 0.29) is 6.10 Å². The average molecular weight is 152 g/mol. The fourth-order valence-electron chi connectivity index (χ4n) is 1.75. The van der Waals surface area contributed by atoms with E-state index in [1.54, 1.807) is 6.26 Å². The number of hydrogen-bond acceptors (Lipinski definition) is 2. The van der Waals surface area contributed by atoms with Crippen LogP contribution in [0.1, 0.15) is 35.8 Å². The number of rotatable bonds is 0. The lowest BCUT2D eigenvalue weighted by Gasteiger charge is -2.16. The molecule has 1 aliphatic rings. The van der Waals surface area contributed by atoms with Crippen LogP contribution in [0.4, 0.5) is 0 Å². The summed E-state index contributed by atoms with van der Waals surface area (Å²) in [6.45, 7) is 1.98. The Morgan fingerprint density at radius 2 is 2.45 bits per heavy atom. The highest BCUT2D eigenvalue weighted by Gasteiger charge is 2.22. The van der Waals surface area contributed by atoms with Gasteiger partial charge in [0.05, 0.1) is 12.4 Å². The number of furan rings is 1. The molecular weight excluding hydrogens is 140 g/mol. The van der Waals surface area contributed by atoms with Gasteiger partial charge in [-0.2, -0.15) is 0 Å². The molecule has 1 atom stereocenters. The van der Waals surface area contributed by atoms with Crippen LogP contribution in [0.5, 0.6) is 0 Å². The second-order valence-electron chi connectivity index (χ2n) is 3.16. The zero-order chi connectivity index (χ0) is 7.84. The summed E-state index contributed by atoms with van der Waals surface area (Å²) in [6, 6.07) is 0. The van der Waals surface area contributed by atoms with Crippen LogP contribution >= 0.6 is 0 Å². The van der Waals surface area contributed by atoms with E-state index in [1.165, 1.54) is 0 Å². The molecule has 1 N–H and O–H groups in total. The first-order chi connectivity index (χ1) is 5.29. The highest BCUT2D eigenvalue weighted by atomic mass is 16.3. The van der Waals surface area contributed by atoms with Crippen LogP contribution in [0.2, 0.25) is 0 Å². The van der Waals surface area contributed by atoms with Gasteiger partial charge in [-0.05, 0) is 25.3 Å². The zero-order valence-corrected chi connectivity index (χ0v) is 6.63. The first kappa shape index (κ1) is 6.92. The molecule has 1 unspecified atom stereocenters. The van der Waals surface area contributed by atoms with Crippen molar-refractivity contribution in [1.82, 2.24) is 0 Å². The van der Waals surface area contributed by atoms with Crippen molar-refractivity contribution in [1.29, 1.82) is 0 Å². The van der Waals surface area contributed by atoms with Crippen LogP contribution < -0.4 is 0 Å². The molecule has 0 fully saturated rings. The summed E-state index contributed by atoms with van der Waals surface area (Å²) in [5.41, 5.74) is 2.13. The molecule has 1 aliphatic carbocycles. The van der Waals surface area contributed by atoms with E-state index in [1.807, 2.05) is 6.92 Å². The quantitative estimate of drug-likeness (QED) is 0.616. The molecule has 0 amide bonds. The van der Waals surface area contributed by atoms with E-state index < -0.39 is 0 Å². The SMILES string of the molecule is Cc1coc2c1C(O)CCC2. The highest BCUT2D eigenvalue weighted by Crippen LogP contribution is 2.32. The van der Waals surface area contributed by atoms with E-state index >= 15 is 0 Å². The number of aliphatic hydroxyl groups is 1. The van der Waals surface area contributed by atoms with Gasteiger partial charge in [-0.25, -0.2) is 0 Å². The molecule has 0 saturated carbocycles. The summed E-state index contributed by atoms with van der Waals surface area (Å²) < 4.78 is 5.30. The van der Waals surface area contributed by atoms with Gasteiger partial charge >= 0.3 is 0 Å². The van der Waals surface area contributed by atoms with Crippen molar-refractivity contribution >= 4 is 0 Å². The first-order valence-electron chi connectivity index (χ1n) is 4.04. The van der Waals surface area contributed by atoms with Crippen LogP contribution in [0.25, 0.3) is 0 Å². The molecule has 1 aromatic rings. The van der Waals surface area contributed by atoms with Crippen molar-refractivity contribution in [2.75, 3.05) is 0 Å². The fourth-order valence-corrected chi connectivity index (χ4v) is 1.75. The average Bonchev–Trinajstić information content (AvgIpc) is 2.34. The molecule has 0 bridgehead atoms. The third kappa shape index (κ3) is 0.979. The van der Waals surface area contributed by atoms with Crippen LogP contribution in [-0.2, 0) is 6.42 Å². The van der Waals surface area contributed by atoms with Gasteiger partial charge in [0, 0.05) is 12.0 Å². The smallest absolute Gasteiger partial charge is 0.109 e. The van der Waals surface area contributed by atoms with Gasteiger partial charge in [0.15, 0.2) is 0 Å². The van der Waals surface area contributed by atoms with Crippen molar-refractivity contribution in [3.63, 3.8) is 0 Å². The summed E-state index contributed by atoms with van der Waals surface area (Å²) in [5, 5.41) is 9.57. The molecule has 1 heterocycles. The van der Waals surface area contributed by atoms with Gasteiger partial charge in [0.25, 0.3) is 0 Å². The standard InChI is InChI=1S/C9H12O2/c1-6-5-11-8-4-2-3-7(10)9(6)8/h5,7,10H,2-4H2,1H3. The van der Waals surface area contributed by atoms with Gasteiger partial charge in [0.2, 0.25) is 0 Å². The molecule has 0 saturated heterocycles. The second kappa shape index (κ2) is 2.38. The van der Waals surface area contributed by atoms with Crippen LogP contribution in [0.3, 0.4) is 0 Å². The largest absolute Gasteiger partial charge is 0.469 e. The van der Waals surface area contributed by atoms with Crippen molar-refractivity contribution in [3.8, 4) is 0 Å². The minimum Gasteiger partial charge on any atom is -0.469 e. The first-order valence-corrected chi connectivity index (χ1v) is 4.04. The molecule has 0 radical (unpaired) electrons. The van der Waals surface area contributed by atoms with E-state index in [4.69, 9.17) is 4.42 Å². The van der Waals surface area contributed by atoms with E-state index in [2.05, 4.69) is 0 Å². The van der Waals surface area contributed by atoms with Gasteiger partial charge in [-0.3, -0.25) is 0 Å². The summed E-state index contributed by atoms with van der Waals surface area (Å²) >= 11 is 0. The molecule has 2 rings (SSSR count). The number of fused-ring (bicyclic) bond motifs is 1. The van der Waals surface area contributed by atoms with E-state index in [0.29, 0.717) is 0 Å². The Bertz CT molecular complexity index is 263. The Morgan fingerprint density at radius 3 is 3.18 bits per heavy atom. The van der Waals surface area contributed by atoms with Crippen molar-refractivity contribution < 1.29 is 9.52 Å². The summed E-state index contributed by atoms with van der Waals surface area (Å²) in [6.07, 6.45) is 4.37. The maximum absolute atomic E-state index is 9.57. The Labute approximate surface area is 65.8 Å².